The number of rotatable bonds is 12. The second kappa shape index (κ2) is 16.1. The van der Waals surface area contributed by atoms with Crippen LogP contribution >= 0.6 is 11.8 Å². The number of aromatic nitrogens is 1. The van der Waals surface area contributed by atoms with Crippen LogP contribution < -0.4 is 61.5 Å². The molecule has 5 amide bonds. The number of aliphatic carboxylic acids is 1. The fourth-order valence-electron chi connectivity index (χ4n) is 5.83. The average molecular weight is 727 g/mol. The van der Waals surface area contributed by atoms with E-state index in [1.54, 1.807) is 38.1 Å². The number of carboxylic acid groups (broad SMARTS) is 1. The third-order valence-corrected chi connectivity index (χ3v) is 9.89. The maximum atomic E-state index is 13.6. The van der Waals surface area contributed by atoms with Crippen LogP contribution in [0.3, 0.4) is 0 Å². The number of benzene rings is 2. The Hall–Kier alpha value is -4.64. The molecule has 262 valence electrons. The number of aromatic amines is 1. The molecule has 2 aliphatic rings. The van der Waals surface area contributed by atoms with Gasteiger partial charge >= 0.3 is 29.6 Å². The van der Waals surface area contributed by atoms with Gasteiger partial charge in [0.15, 0.2) is 0 Å². The summed E-state index contributed by atoms with van der Waals surface area (Å²) in [5.41, 5.74) is 0.700. The fraction of sp³-hybridized carbons (Fsp3) is 0.324. The molecule has 0 spiro atoms. The number of hydrogen-bond acceptors (Lipinski definition) is 10. The SMILES string of the molecule is CC(=O)NCCCC(=O)Nc1ccc(-c2ccc(C(=O)NC(C(=O)N[C@@H]3C(=O)N4[C@@H]3SC(C)(C)[C@@H]4C(=O)[O-])c3ccc(O)cc3)c(=O)[nH]2)cc1.[Na+]. The van der Waals surface area contributed by atoms with Gasteiger partial charge in [-0.25, -0.2) is 0 Å². The summed E-state index contributed by atoms with van der Waals surface area (Å²) in [5.74, 6) is -4.17. The number of amides is 5. The number of aromatic hydroxyl groups is 1. The molecule has 17 heteroatoms. The Bertz CT molecular complexity index is 1900. The molecule has 0 saturated carbocycles. The number of thioether (sulfide) groups is 1. The maximum absolute atomic E-state index is 13.6. The molecule has 4 atom stereocenters. The predicted octanol–water partition coefficient (Wildman–Crippen LogP) is -2.63. The van der Waals surface area contributed by atoms with Crippen LogP contribution in [0, 0.1) is 0 Å². The van der Waals surface area contributed by atoms with E-state index in [0.717, 1.165) is 0 Å². The molecule has 1 unspecified atom stereocenters. The summed E-state index contributed by atoms with van der Waals surface area (Å²) in [6.07, 6.45) is 0.698. The molecule has 0 radical (unpaired) electrons. The molecular weight excluding hydrogens is 691 g/mol. The van der Waals surface area contributed by atoms with E-state index in [1.807, 2.05) is 0 Å². The molecule has 2 fully saturated rings. The van der Waals surface area contributed by atoms with Crippen LogP contribution in [-0.4, -0.2) is 79.2 Å². The van der Waals surface area contributed by atoms with Crippen molar-refractivity contribution in [3.8, 4) is 17.0 Å². The van der Waals surface area contributed by atoms with Crippen molar-refractivity contribution >= 4 is 53.0 Å². The molecule has 2 aromatic carbocycles. The Morgan fingerprint density at radius 2 is 1.67 bits per heavy atom. The van der Waals surface area contributed by atoms with Crippen molar-refractivity contribution in [2.75, 3.05) is 11.9 Å². The number of pyridine rings is 1. The molecular formula is C34H35N6NaO9S. The zero-order chi connectivity index (χ0) is 36.3. The molecule has 15 nitrogen and oxygen atoms in total. The van der Waals surface area contributed by atoms with Gasteiger partial charge in [0.1, 0.15) is 28.8 Å². The van der Waals surface area contributed by atoms with Crippen LogP contribution in [0.1, 0.15) is 55.6 Å². The van der Waals surface area contributed by atoms with Gasteiger partial charge in [-0.3, -0.25) is 28.8 Å². The number of β-lactam (4-membered cyclic amide) rings is 1. The number of nitrogens with zero attached hydrogens (tertiary/aromatic N) is 1. The van der Waals surface area contributed by atoms with Gasteiger partial charge in [-0.05, 0) is 67.8 Å². The van der Waals surface area contributed by atoms with Gasteiger partial charge in [0.2, 0.25) is 23.6 Å². The van der Waals surface area contributed by atoms with Crippen LogP contribution in [0.15, 0.2) is 65.5 Å². The maximum Gasteiger partial charge on any atom is 1.00 e. The largest absolute Gasteiger partial charge is 1.00 e. The van der Waals surface area contributed by atoms with Crippen LogP contribution in [0.5, 0.6) is 5.75 Å². The predicted molar refractivity (Wildman–Crippen MR) is 180 cm³/mol. The summed E-state index contributed by atoms with van der Waals surface area (Å²) in [7, 11) is 0. The Balaban J connectivity index is 0.00000583. The van der Waals surface area contributed by atoms with Crippen molar-refractivity contribution in [3.63, 3.8) is 0 Å². The Kier molecular flexibility index (Phi) is 12.4. The van der Waals surface area contributed by atoms with E-state index < -0.39 is 57.5 Å². The van der Waals surface area contributed by atoms with E-state index in [9.17, 15) is 43.8 Å². The minimum atomic E-state index is -1.40. The first-order valence-electron chi connectivity index (χ1n) is 15.7. The first kappa shape index (κ1) is 39.2. The van der Waals surface area contributed by atoms with Crippen LogP contribution in [0.25, 0.3) is 11.3 Å². The quantitative estimate of drug-likeness (QED) is 0.0647. The molecule has 3 heterocycles. The number of anilines is 1. The number of hydrogen-bond donors (Lipinski definition) is 6. The van der Waals surface area contributed by atoms with E-state index in [1.165, 1.54) is 60.0 Å². The number of carbonyl (C=O) groups is 6. The monoisotopic (exact) mass is 726 g/mol. The van der Waals surface area contributed by atoms with Crippen molar-refractivity contribution in [1.29, 1.82) is 0 Å². The standard InChI is InChI=1S/C34H36N6O9S.Na/c1-17(41)35-16-4-5-24(43)36-20-10-6-18(7-11-20)23-15-14-22(28(44)37-23)29(45)38-25(19-8-12-21(42)13-9-19)30(46)39-26-31(47)40-27(33(48)49)34(2,3)50-32(26)40;/h6-15,25-27,32,42H,4-5,16H2,1-3H3,(H,35,41)(H,36,43)(H,37,44)(H,38,45)(H,39,46)(H,48,49);/q;+1/p-1/t25?,26-,27+,32-;/m1./s1. The molecule has 2 aliphatic heterocycles. The second-order valence-electron chi connectivity index (χ2n) is 12.4. The molecule has 3 aromatic rings. The Morgan fingerprint density at radius 1 is 1.00 bits per heavy atom. The number of phenolic OH excluding ortho intramolecular Hbond substituents is 1. The van der Waals surface area contributed by atoms with Gasteiger partial charge in [0.25, 0.3) is 11.5 Å². The number of H-pyrrole nitrogens is 1. The topological polar surface area (TPSA) is 230 Å². The van der Waals surface area contributed by atoms with E-state index in [0.29, 0.717) is 29.9 Å². The summed E-state index contributed by atoms with van der Waals surface area (Å²) < 4.78 is -0.871. The van der Waals surface area contributed by atoms with Gasteiger partial charge in [0, 0.05) is 36.0 Å². The Labute approximate surface area is 318 Å². The summed E-state index contributed by atoms with van der Waals surface area (Å²) in [4.78, 5) is 91.7. The van der Waals surface area contributed by atoms with Crippen LogP contribution in [0.4, 0.5) is 5.69 Å². The molecule has 6 N–H and O–H groups in total. The van der Waals surface area contributed by atoms with Crippen molar-refractivity contribution in [3.05, 3.63) is 82.1 Å². The minimum absolute atomic E-state index is 0. The second-order valence-corrected chi connectivity index (χ2v) is 14.2. The molecule has 0 aliphatic carbocycles. The zero-order valence-electron chi connectivity index (χ0n) is 28.3. The summed E-state index contributed by atoms with van der Waals surface area (Å²) >= 11 is 1.21. The number of nitrogens with one attached hydrogen (secondary N) is 5. The Morgan fingerprint density at radius 3 is 2.27 bits per heavy atom. The third kappa shape index (κ3) is 8.81. The van der Waals surface area contributed by atoms with Crippen molar-refractivity contribution < 1.29 is 68.5 Å². The zero-order valence-corrected chi connectivity index (χ0v) is 31.1. The molecule has 1 aromatic heterocycles. The van der Waals surface area contributed by atoms with E-state index in [2.05, 4.69) is 26.3 Å². The minimum Gasteiger partial charge on any atom is -0.548 e. The van der Waals surface area contributed by atoms with Crippen LogP contribution in [-0.2, 0) is 24.0 Å². The van der Waals surface area contributed by atoms with Gasteiger partial charge in [-0.2, -0.15) is 0 Å². The van der Waals surface area contributed by atoms with E-state index >= 15 is 0 Å². The number of carbonyl (C=O) groups excluding carboxylic acids is 6. The third-order valence-electron chi connectivity index (χ3n) is 8.31. The number of fused-ring (bicyclic) bond motifs is 1. The number of carboxylic acids is 1. The van der Waals surface area contributed by atoms with Crippen molar-refractivity contribution in [2.24, 2.45) is 0 Å². The van der Waals surface area contributed by atoms with Gasteiger partial charge in [0.05, 0.1) is 12.0 Å². The first-order chi connectivity index (χ1) is 23.7. The molecule has 5 rings (SSSR count). The van der Waals surface area contributed by atoms with Gasteiger partial charge in [-0.15, -0.1) is 11.8 Å². The summed E-state index contributed by atoms with van der Waals surface area (Å²) in [6.45, 7) is 5.13. The van der Waals surface area contributed by atoms with E-state index in [4.69, 9.17) is 0 Å². The number of phenols is 1. The first-order valence-corrected chi connectivity index (χ1v) is 16.5. The summed E-state index contributed by atoms with van der Waals surface area (Å²) in [6, 6.07) is 11.2. The van der Waals surface area contributed by atoms with Crippen molar-refractivity contribution in [1.82, 2.24) is 25.8 Å². The normalized spacial score (nSPS) is 19.0. The average Bonchev–Trinajstić information content (AvgIpc) is 3.32. The van der Waals surface area contributed by atoms with Gasteiger partial charge in [-0.1, -0.05) is 24.3 Å². The van der Waals surface area contributed by atoms with Gasteiger partial charge < -0.3 is 46.2 Å². The van der Waals surface area contributed by atoms with Crippen LogP contribution in [0.2, 0.25) is 0 Å². The molecule has 2 saturated heterocycles. The molecule has 0 bridgehead atoms. The van der Waals surface area contributed by atoms with E-state index in [-0.39, 0.29) is 64.7 Å². The summed E-state index contributed by atoms with van der Waals surface area (Å²) in [5, 5.41) is 31.4. The fourth-order valence-corrected chi connectivity index (χ4v) is 7.45. The van der Waals surface area contributed by atoms with Crippen molar-refractivity contribution in [2.45, 2.75) is 61.9 Å². The molecule has 51 heavy (non-hydrogen) atoms. The smallest absolute Gasteiger partial charge is 0.548 e.